The van der Waals surface area contributed by atoms with Gasteiger partial charge >= 0.3 is 6.18 Å². The van der Waals surface area contributed by atoms with E-state index in [-0.39, 0.29) is 23.6 Å². The molecule has 0 radical (unpaired) electrons. The van der Waals surface area contributed by atoms with Crippen molar-refractivity contribution in [2.24, 2.45) is 5.92 Å². The second-order valence-corrected chi connectivity index (χ2v) is 8.15. The Bertz CT molecular complexity index is 795. The number of likely N-dealkylation sites (tertiary alicyclic amines) is 2. The van der Waals surface area contributed by atoms with Crippen LogP contribution in [0, 0.1) is 5.92 Å². The third-order valence-electron chi connectivity index (χ3n) is 5.89. The van der Waals surface area contributed by atoms with Gasteiger partial charge in [-0.05, 0) is 43.4 Å². The van der Waals surface area contributed by atoms with E-state index in [1.165, 1.54) is 12.1 Å². The Morgan fingerprint density at radius 3 is 2.35 bits per heavy atom. The van der Waals surface area contributed by atoms with Crippen molar-refractivity contribution in [1.29, 1.82) is 0 Å². The molecular formula is C22H28F3N3O3. The fraction of sp³-hybridized carbons (Fsp3) is 0.591. The van der Waals surface area contributed by atoms with E-state index in [1.807, 2.05) is 4.90 Å². The van der Waals surface area contributed by atoms with Gasteiger partial charge in [0.05, 0.1) is 11.5 Å². The Hall–Kier alpha value is -2.58. The molecule has 2 aliphatic heterocycles. The predicted molar refractivity (Wildman–Crippen MR) is 108 cm³/mol. The summed E-state index contributed by atoms with van der Waals surface area (Å²) in [6.07, 6.45) is -0.941. The predicted octanol–water partition coefficient (Wildman–Crippen LogP) is 2.62. The van der Waals surface area contributed by atoms with Gasteiger partial charge in [0, 0.05) is 45.6 Å². The van der Waals surface area contributed by atoms with E-state index in [9.17, 15) is 27.6 Å². The molecule has 3 amide bonds. The Morgan fingerprint density at radius 2 is 1.71 bits per heavy atom. The molecule has 1 N–H and O–H groups in total. The number of nitrogens with one attached hydrogen (secondary N) is 1. The molecule has 170 valence electrons. The Kier molecular flexibility index (Phi) is 7.56. The molecule has 2 heterocycles. The number of alkyl halides is 3. The topological polar surface area (TPSA) is 69.7 Å². The van der Waals surface area contributed by atoms with Crippen LogP contribution in [-0.2, 0) is 27.0 Å². The molecule has 2 saturated heterocycles. The van der Waals surface area contributed by atoms with Crippen LogP contribution in [0.15, 0.2) is 24.3 Å². The number of benzene rings is 1. The van der Waals surface area contributed by atoms with Crippen LogP contribution in [0.3, 0.4) is 0 Å². The number of halogens is 3. The average molecular weight is 439 g/mol. The number of carbonyl (C=O) groups is 3. The van der Waals surface area contributed by atoms with Gasteiger partial charge in [-0.1, -0.05) is 12.1 Å². The highest BCUT2D eigenvalue weighted by Gasteiger charge is 2.31. The Labute approximate surface area is 179 Å². The van der Waals surface area contributed by atoms with E-state index in [0.29, 0.717) is 63.8 Å². The monoisotopic (exact) mass is 439 g/mol. The zero-order valence-corrected chi connectivity index (χ0v) is 17.4. The normalized spacial score (nSPS) is 19.8. The Balaban J connectivity index is 1.40. The van der Waals surface area contributed by atoms with Crippen molar-refractivity contribution in [3.8, 4) is 0 Å². The molecule has 1 aromatic carbocycles. The van der Waals surface area contributed by atoms with E-state index in [0.717, 1.165) is 25.1 Å². The van der Waals surface area contributed by atoms with E-state index in [1.54, 1.807) is 4.90 Å². The third kappa shape index (κ3) is 6.45. The van der Waals surface area contributed by atoms with Gasteiger partial charge in [-0.3, -0.25) is 14.4 Å². The van der Waals surface area contributed by atoms with E-state index < -0.39 is 11.7 Å². The van der Waals surface area contributed by atoms with Crippen LogP contribution in [0.5, 0.6) is 0 Å². The number of nitrogens with zero attached hydrogens (tertiary/aromatic N) is 2. The quantitative estimate of drug-likeness (QED) is 0.677. The molecule has 1 aromatic rings. The summed E-state index contributed by atoms with van der Waals surface area (Å²) in [6.45, 7) is 2.62. The minimum Gasteiger partial charge on any atom is -0.355 e. The van der Waals surface area contributed by atoms with Gasteiger partial charge in [0.15, 0.2) is 0 Å². The summed E-state index contributed by atoms with van der Waals surface area (Å²) < 4.78 is 37.8. The smallest absolute Gasteiger partial charge is 0.355 e. The van der Waals surface area contributed by atoms with Crippen LogP contribution in [0.1, 0.15) is 43.2 Å². The average Bonchev–Trinajstić information content (AvgIpc) is 3.14. The third-order valence-corrected chi connectivity index (χ3v) is 5.89. The molecule has 0 spiro atoms. The maximum atomic E-state index is 12.6. The minimum atomic E-state index is -4.36. The van der Waals surface area contributed by atoms with Crippen molar-refractivity contribution in [3.05, 3.63) is 35.4 Å². The molecule has 0 aromatic heterocycles. The van der Waals surface area contributed by atoms with Crippen LogP contribution >= 0.6 is 0 Å². The second kappa shape index (κ2) is 10.2. The summed E-state index contributed by atoms with van der Waals surface area (Å²) in [7, 11) is 0. The van der Waals surface area contributed by atoms with Gasteiger partial charge in [-0.25, -0.2) is 0 Å². The zero-order chi connectivity index (χ0) is 22.4. The summed E-state index contributed by atoms with van der Waals surface area (Å²) in [5, 5.41) is 2.84. The highest BCUT2D eigenvalue weighted by atomic mass is 19.4. The summed E-state index contributed by atoms with van der Waals surface area (Å²) in [4.78, 5) is 39.9. The molecule has 0 unspecified atom stereocenters. The number of rotatable bonds is 8. The van der Waals surface area contributed by atoms with E-state index in [4.69, 9.17) is 0 Å². The van der Waals surface area contributed by atoms with Crippen molar-refractivity contribution in [1.82, 2.24) is 15.1 Å². The van der Waals surface area contributed by atoms with Crippen LogP contribution in [-0.4, -0.2) is 60.2 Å². The van der Waals surface area contributed by atoms with Crippen molar-refractivity contribution in [2.45, 2.75) is 44.7 Å². The van der Waals surface area contributed by atoms with Crippen molar-refractivity contribution in [3.63, 3.8) is 0 Å². The number of piperidine rings is 1. The first-order valence-corrected chi connectivity index (χ1v) is 10.7. The fourth-order valence-electron chi connectivity index (χ4n) is 4.07. The molecule has 3 rings (SSSR count). The van der Waals surface area contributed by atoms with Crippen LogP contribution in [0.25, 0.3) is 0 Å². The first-order chi connectivity index (χ1) is 14.7. The lowest BCUT2D eigenvalue weighted by Gasteiger charge is -2.32. The molecule has 9 heteroatoms. The molecule has 1 atom stereocenters. The molecule has 0 saturated carbocycles. The summed E-state index contributed by atoms with van der Waals surface area (Å²) >= 11 is 0. The first-order valence-electron chi connectivity index (χ1n) is 10.7. The van der Waals surface area contributed by atoms with Gasteiger partial charge in [0.25, 0.3) is 0 Å². The Morgan fingerprint density at radius 1 is 1.03 bits per heavy atom. The van der Waals surface area contributed by atoms with Gasteiger partial charge in [0.1, 0.15) is 0 Å². The van der Waals surface area contributed by atoms with Crippen molar-refractivity contribution < 1.29 is 27.6 Å². The lowest BCUT2D eigenvalue weighted by Crippen LogP contribution is -2.46. The van der Waals surface area contributed by atoms with Gasteiger partial charge in [-0.2, -0.15) is 13.2 Å². The van der Waals surface area contributed by atoms with Crippen LogP contribution in [0.2, 0.25) is 0 Å². The maximum Gasteiger partial charge on any atom is 0.416 e. The first kappa shape index (κ1) is 23.1. The lowest BCUT2D eigenvalue weighted by atomic mass is 9.96. The summed E-state index contributed by atoms with van der Waals surface area (Å²) in [6, 6.07) is 4.91. The number of hydrogen-bond acceptors (Lipinski definition) is 3. The zero-order valence-electron chi connectivity index (χ0n) is 17.4. The molecular weight excluding hydrogens is 411 g/mol. The second-order valence-electron chi connectivity index (χ2n) is 8.15. The number of carbonyl (C=O) groups excluding carboxylic acids is 3. The molecule has 31 heavy (non-hydrogen) atoms. The maximum absolute atomic E-state index is 12.6. The largest absolute Gasteiger partial charge is 0.416 e. The van der Waals surface area contributed by atoms with Crippen LogP contribution in [0.4, 0.5) is 13.2 Å². The van der Waals surface area contributed by atoms with E-state index in [2.05, 4.69) is 5.32 Å². The molecule has 0 bridgehead atoms. The van der Waals surface area contributed by atoms with Gasteiger partial charge in [0.2, 0.25) is 17.7 Å². The lowest BCUT2D eigenvalue weighted by molar-refractivity contribution is -0.139. The van der Waals surface area contributed by atoms with Crippen molar-refractivity contribution >= 4 is 17.7 Å². The number of hydrogen-bond donors (Lipinski definition) is 1. The molecule has 0 aliphatic carbocycles. The number of amides is 3. The van der Waals surface area contributed by atoms with Gasteiger partial charge < -0.3 is 15.1 Å². The molecule has 2 fully saturated rings. The SMILES string of the molecule is O=C(NCCc1ccc(C(F)(F)F)cc1)[C@@H]1CCC(=O)N(CCCN2CCCC2=O)C1. The summed E-state index contributed by atoms with van der Waals surface area (Å²) in [5.41, 5.74) is 0.0200. The standard InChI is InChI=1S/C22H28F3N3O3/c23-22(24,25)18-7-4-16(5-8-18)10-11-26-21(31)17-6-9-20(30)28(15-17)14-2-13-27-12-1-3-19(27)29/h4-5,7-8,17H,1-3,6,9-15H2,(H,26,31)/t17-/m1/s1. The molecule has 2 aliphatic rings. The van der Waals surface area contributed by atoms with Crippen molar-refractivity contribution in [2.75, 3.05) is 32.7 Å². The summed E-state index contributed by atoms with van der Waals surface area (Å²) in [5.74, 6) is -0.241. The van der Waals surface area contributed by atoms with Gasteiger partial charge in [-0.15, -0.1) is 0 Å². The minimum absolute atomic E-state index is 0.0292. The van der Waals surface area contributed by atoms with E-state index >= 15 is 0 Å². The highest BCUT2D eigenvalue weighted by Crippen LogP contribution is 2.29. The molecule has 6 nitrogen and oxygen atoms in total. The highest BCUT2D eigenvalue weighted by molar-refractivity contribution is 5.83. The fourth-order valence-corrected chi connectivity index (χ4v) is 4.07. The van der Waals surface area contributed by atoms with Crippen LogP contribution < -0.4 is 5.32 Å².